The lowest BCUT2D eigenvalue weighted by atomic mass is 9.68. The van der Waals surface area contributed by atoms with Gasteiger partial charge in [0, 0.05) is 26.2 Å². The maximum absolute atomic E-state index is 14.3. The molecule has 5 nitrogen and oxygen atoms in total. The average molecular weight is 458 g/mol. The molecule has 0 atom stereocenters. The first-order chi connectivity index (χ1) is 15.3. The third-order valence-electron chi connectivity index (χ3n) is 6.85. The second-order valence-corrected chi connectivity index (χ2v) is 9.57. The molecule has 2 N–H and O–H groups in total. The number of halogens is 2. The number of hydrogen-bond acceptors (Lipinski definition) is 3. The van der Waals surface area contributed by atoms with Gasteiger partial charge in [-0.2, -0.15) is 0 Å². The first-order valence-electron chi connectivity index (χ1n) is 11.1. The molecule has 1 heterocycles. The van der Waals surface area contributed by atoms with Crippen LogP contribution in [0, 0.1) is 5.82 Å². The molecule has 1 saturated carbocycles. The van der Waals surface area contributed by atoms with E-state index in [0.29, 0.717) is 19.1 Å². The van der Waals surface area contributed by atoms with E-state index in [-0.39, 0.29) is 28.1 Å². The van der Waals surface area contributed by atoms with Crippen molar-refractivity contribution in [2.45, 2.75) is 50.5 Å². The van der Waals surface area contributed by atoms with Crippen LogP contribution in [0.25, 0.3) is 0 Å². The summed E-state index contributed by atoms with van der Waals surface area (Å²) in [5.41, 5.74) is 1.63. The minimum Gasteiger partial charge on any atom is -0.355 e. The third kappa shape index (κ3) is 3.90. The number of benzene rings is 2. The van der Waals surface area contributed by atoms with Crippen LogP contribution in [-0.2, 0) is 10.2 Å². The predicted molar refractivity (Wildman–Crippen MR) is 125 cm³/mol. The molecule has 0 radical (unpaired) electrons. The van der Waals surface area contributed by atoms with Crippen molar-refractivity contribution < 1.29 is 14.0 Å². The molecule has 0 aromatic heterocycles. The van der Waals surface area contributed by atoms with E-state index in [4.69, 9.17) is 11.6 Å². The van der Waals surface area contributed by atoms with Gasteiger partial charge in [-0.25, -0.2) is 4.39 Å². The molecule has 1 saturated heterocycles. The van der Waals surface area contributed by atoms with Crippen molar-refractivity contribution in [1.82, 2.24) is 10.2 Å². The number of nitrogens with one attached hydrogen (secondary N) is 2. The minimum absolute atomic E-state index is 0.125. The van der Waals surface area contributed by atoms with Crippen LogP contribution < -0.4 is 10.6 Å². The number of rotatable bonds is 6. The van der Waals surface area contributed by atoms with E-state index in [1.165, 1.54) is 19.5 Å². The predicted octanol–water partition coefficient (Wildman–Crippen LogP) is 4.71. The van der Waals surface area contributed by atoms with E-state index in [0.717, 1.165) is 30.0 Å². The number of amides is 2. The fourth-order valence-electron chi connectivity index (χ4n) is 4.74. The molecule has 1 aliphatic carbocycles. The zero-order chi connectivity index (χ0) is 23.0. The van der Waals surface area contributed by atoms with Gasteiger partial charge in [0.05, 0.1) is 21.7 Å². The largest absolute Gasteiger partial charge is 0.355 e. The molecule has 0 bridgehead atoms. The summed E-state index contributed by atoms with van der Waals surface area (Å²) in [6, 6.07) is 10.9. The van der Waals surface area contributed by atoms with E-state index < -0.39 is 17.1 Å². The zero-order valence-corrected chi connectivity index (χ0v) is 19.4. The Kier molecular flexibility index (Phi) is 6.28. The molecule has 2 aliphatic rings. The van der Waals surface area contributed by atoms with Crippen molar-refractivity contribution in [3.05, 3.63) is 63.9 Å². The first-order valence-corrected chi connectivity index (χ1v) is 11.5. The van der Waals surface area contributed by atoms with Gasteiger partial charge in [-0.1, -0.05) is 56.1 Å². The quantitative estimate of drug-likeness (QED) is 0.660. The number of carbonyl (C=O) groups is 2. The van der Waals surface area contributed by atoms with Crippen molar-refractivity contribution in [3.63, 3.8) is 0 Å². The summed E-state index contributed by atoms with van der Waals surface area (Å²) in [7, 11) is 1.48. The second-order valence-electron chi connectivity index (χ2n) is 9.16. The van der Waals surface area contributed by atoms with Gasteiger partial charge in [-0.3, -0.25) is 14.5 Å². The normalized spacial score (nSPS) is 18.1. The van der Waals surface area contributed by atoms with Gasteiger partial charge >= 0.3 is 0 Å². The molecule has 4 rings (SSSR count). The number of carbonyl (C=O) groups excluding carboxylic acids is 2. The van der Waals surface area contributed by atoms with Crippen LogP contribution in [0.1, 0.15) is 60.5 Å². The molecule has 2 aromatic carbocycles. The Hall–Kier alpha value is -2.44. The molecule has 2 aromatic rings. The van der Waals surface area contributed by atoms with Crippen LogP contribution in [0.3, 0.4) is 0 Å². The van der Waals surface area contributed by atoms with Crippen molar-refractivity contribution in [2.24, 2.45) is 0 Å². The van der Waals surface area contributed by atoms with Gasteiger partial charge in [-0.15, -0.1) is 0 Å². The fourth-order valence-corrected chi connectivity index (χ4v) is 4.91. The number of anilines is 1. The van der Waals surface area contributed by atoms with Gasteiger partial charge in [-0.05, 0) is 42.0 Å². The van der Waals surface area contributed by atoms with E-state index in [1.807, 2.05) is 18.2 Å². The summed E-state index contributed by atoms with van der Waals surface area (Å²) >= 11 is 5.91. The summed E-state index contributed by atoms with van der Waals surface area (Å²) in [5, 5.41) is 5.23. The standard InChI is InChI=1S/C25H29ClFN3O2/c1-15(2)17-9-4-5-10-19(17)25(13-30(14-25)16-7-6-8-16)24(32)29-22-12-21(27)20(26)11-18(22)23(31)28-3/h4-5,9-12,15-16H,6-8,13-14H2,1-3H3,(H,28,31)(H,29,32). The highest BCUT2D eigenvalue weighted by molar-refractivity contribution is 6.31. The molecule has 32 heavy (non-hydrogen) atoms. The Bertz CT molecular complexity index is 1050. The SMILES string of the molecule is CNC(=O)c1cc(Cl)c(F)cc1NC(=O)C1(c2ccccc2C(C)C)CN(C2CCC2)C1. The highest BCUT2D eigenvalue weighted by Gasteiger charge is 2.54. The lowest BCUT2D eigenvalue weighted by Gasteiger charge is -2.55. The Labute approximate surface area is 193 Å². The van der Waals surface area contributed by atoms with Crippen molar-refractivity contribution in [1.29, 1.82) is 0 Å². The highest BCUT2D eigenvalue weighted by Crippen LogP contribution is 2.43. The Morgan fingerprint density at radius 2 is 1.88 bits per heavy atom. The minimum atomic E-state index is -0.757. The number of likely N-dealkylation sites (tertiary alicyclic amines) is 1. The molecule has 2 fully saturated rings. The summed E-state index contributed by atoms with van der Waals surface area (Å²) in [6.07, 6.45) is 3.54. The van der Waals surface area contributed by atoms with E-state index in [2.05, 4.69) is 35.4 Å². The maximum Gasteiger partial charge on any atom is 0.253 e. The van der Waals surface area contributed by atoms with E-state index in [9.17, 15) is 14.0 Å². The molecule has 1 aliphatic heterocycles. The summed E-state index contributed by atoms with van der Waals surface area (Å²) in [6.45, 7) is 5.45. The molecule has 7 heteroatoms. The molecular formula is C25H29ClFN3O2. The second kappa shape index (κ2) is 8.83. The number of nitrogens with zero attached hydrogens (tertiary/aromatic N) is 1. The summed E-state index contributed by atoms with van der Waals surface area (Å²) < 4.78 is 14.3. The van der Waals surface area contributed by atoms with E-state index in [1.54, 1.807) is 0 Å². The highest BCUT2D eigenvalue weighted by atomic mass is 35.5. The van der Waals surface area contributed by atoms with Crippen LogP contribution in [0.5, 0.6) is 0 Å². The van der Waals surface area contributed by atoms with Crippen LogP contribution >= 0.6 is 11.6 Å². The molecule has 0 spiro atoms. The molecule has 2 amide bonds. The van der Waals surface area contributed by atoms with E-state index >= 15 is 0 Å². The monoisotopic (exact) mass is 457 g/mol. The van der Waals surface area contributed by atoms with Gasteiger partial charge in [0.15, 0.2) is 0 Å². The molecule has 170 valence electrons. The van der Waals surface area contributed by atoms with Gasteiger partial charge in [0.2, 0.25) is 5.91 Å². The maximum atomic E-state index is 14.3. The number of hydrogen-bond donors (Lipinski definition) is 2. The fraction of sp³-hybridized carbons (Fsp3) is 0.440. The van der Waals surface area contributed by atoms with Crippen LogP contribution in [-0.4, -0.2) is 42.9 Å². The smallest absolute Gasteiger partial charge is 0.253 e. The Balaban J connectivity index is 1.72. The first kappa shape index (κ1) is 22.7. The van der Waals surface area contributed by atoms with Gasteiger partial charge < -0.3 is 10.6 Å². The van der Waals surface area contributed by atoms with Crippen LogP contribution in [0.4, 0.5) is 10.1 Å². The molecular weight excluding hydrogens is 429 g/mol. The lowest BCUT2D eigenvalue weighted by Crippen LogP contribution is -2.68. The van der Waals surface area contributed by atoms with Crippen molar-refractivity contribution in [2.75, 3.05) is 25.5 Å². The van der Waals surface area contributed by atoms with Gasteiger partial charge in [0.25, 0.3) is 5.91 Å². The molecule has 0 unspecified atom stereocenters. The van der Waals surface area contributed by atoms with Gasteiger partial charge in [0.1, 0.15) is 5.82 Å². The zero-order valence-electron chi connectivity index (χ0n) is 18.7. The topological polar surface area (TPSA) is 61.4 Å². The average Bonchev–Trinajstić information content (AvgIpc) is 2.70. The third-order valence-corrected chi connectivity index (χ3v) is 7.14. The summed E-state index contributed by atoms with van der Waals surface area (Å²) in [4.78, 5) is 28.5. The lowest BCUT2D eigenvalue weighted by molar-refractivity contribution is -0.131. The van der Waals surface area contributed by atoms with Crippen molar-refractivity contribution >= 4 is 29.1 Å². The van der Waals surface area contributed by atoms with Crippen LogP contribution in [0.2, 0.25) is 5.02 Å². The Morgan fingerprint density at radius 1 is 1.19 bits per heavy atom. The Morgan fingerprint density at radius 3 is 2.47 bits per heavy atom. The van der Waals surface area contributed by atoms with Crippen LogP contribution in [0.15, 0.2) is 36.4 Å². The summed E-state index contributed by atoms with van der Waals surface area (Å²) in [5.74, 6) is -1.10. The van der Waals surface area contributed by atoms with Crippen molar-refractivity contribution in [3.8, 4) is 0 Å².